The van der Waals surface area contributed by atoms with E-state index in [1.165, 1.54) is 32.9 Å². The molecule has 0 aliphatic carbocycles. The van der Waals surface area contributed by atoms with Gasteiger partial charge in [-0.25, -0.2) is 13.2 Å². The first-order valence-electron chi connectivity index (χ1n) is 13.5. The number of halogens is 12. The fourth-order valence-corrected chi connectivity index (χ4v) is 4.43. The molecule has 0 saturated heterocycles. The molecule has 22 heteroatoms. The topological polar surface area (TPSA) is 130 Å². The van der Waals surface area contributed by atoms with Crippen LogP contribution < -0.4 is 51.4 Å². The van der Waals surface area contributed by atoms with Gasteiger partial charge in [-0.1, -0.05) is 32.9 Å². The molecule has 0 aliphatic rings. The number of aliphatic hydroxyl groups is 1. The molecule has 1 aromatic carbocycles. The van der Waals surface area contributed by atoms with E-state index in [9.17, 15) is 80.4 Å². The molecule has 0 radical (unpaired) electrons. The van der Waals surface area contributed by atoms with Gasteiger partial charge in [0.1, 0.15) is 0 Å². The van der Waals surface area contributed by atoms with E-state index in [1.54, 1.807) is 0 Å². The van der Waals surface area contributed by atoms with Crippen molar-refractivity contribution in [3.63, 3.8) is 0 Å². The van der Waals surface area contributed by atoms with E-state index in [-0.39, 0.29) is 63.7 Å². The van der Waals surface area contributed by atoms with Crippen LogP contribution in [0, 0.1) is 5.41 Å². The molecular weight excluding hydrogens is 751 g/mol. The normalized spacial score (nSPS) is 14.6. The van der Waals surface area contributed by atoms with Gasteiger partial charge in [0.2, 0.25) is 0 Å². The van der Waals surface area contributed by atoms with Gasteiger partial charge in [-0.15, -0.1) is 0 Å². The van der Waals surface area contributed by atoms with Crippen molar-refractivity contribution in [2.24, 2.45) is 5.41 Å². The van der Waals surface area contributed by atoms with E-state index >= 15 is 0 Å². The van der Waals surface area contributed by atoms with Gasteiger partial charge in [-0.3, -0.25) is 4.79 Å². The minimum atomic E-state index is -6.39. The maximum Gasteiger partial charge on any atom is 1.00 e. The molecule has 1 rings (SSSR count). The van der Waals surface area contributed by atoms with Crippen LogP contribution in [0.15, 0.2) is 24.3 Å². The predicted molar refractivity (Wildman–Crippen MR) is 141 cm³/mol. The summed E-state index contributed by atoms with van der Waals surface area (Å²) in [5.41, 5.74) is -15.2. The molecule has 0 aromatic heterocycles. The summed E-state index contributed by atoms with van der Waals surface area (Å²) in [6.45, 7) is 8.54. The Morgan fingerprint density at radius 1 is 0.776 bits per heavy atom. The van der Waals surface area contributed by atoms with Gasteiger partial charge in [0.25, 0.3) is 5.60 Å². The van der Waals surface area contributed by atoms with Crippen LogP contribution in [0.3, 0.4) is 0 Å². The van der Waals surface area contributed by atoms with Crippen molar-refractivity contribution in [1.29, 1.82) is 0 Å². The number of carbonyl (C=O) groups excluding carboxylic acids is 2. The second-order valence-electron chi connectivity index (χ2n) is 11.7. The van der Waals surface area contributed by atoms with Crippen LogP contribution >= 0.6 is 0 Å². The zero-order valence-electron chi connectivity index (χ0n) is 27.3. The third-order valence-electron chi connectivity index (χ3n) is 7.37. The largest absolute Gasteiger partial charge is 1.00 e. The molecule has 8 nitrogen and oxygen atoms in total. The summed E-state index contributed by atoms with van der Waals surface area (Å²) in [5, 5.41) is 9.27. The van der Waals surface area contributed by atoms with Crippen molar-refractivity contribution < 1.29 is 141 Å². The molecule has 0 aliphatic heterocycles. The summed E-state index contributed by atoms with van der Waals surface area (Å²) >= 11 is 0. The molecule has 0 saturated carbocycles. The molecule has 0 heterocycles. The third-order valence-corrected chi connectivity index (χ3v) is 8.13. The average Bonchev–Trinajstić information content (AvgIpc) is 2.88. The summed E-state index contributed by atoms with van der Waals surface area (Å²) < 4.78 is 195. The Bertz CT molecular complexity index is 1340. The second kappa shape index (κ2) is 16.7. The molecule has 0 fully saturated rings. The van der Waals surface area contributed by atoms with Crippen LogP contribution in [0.4, 0.5) is 52.7 Å². The Hall–Kier alpha value is -1.17. The number of hydrogen-bond acceptors (Lipinski definition) is 8. The summed E-state index contributed by atoms with van der Waals surface area (Å²) in [5.74, 6) is -6.33. The van der Waals surface area contributed by atoms with Crippen molar-refractivity contribution >= 4 is 22.1 Å². The van der Waals surface area contributed by atoms with Crippen LogP contribution in [0.25, 0.3) is 0 Å². The van der Waals surface area contributed by atoms with Gasteiger partial charge in [-0.05, 0) is 64.2 Å². The zero-order chi connectivity index (χ0) is 38.8. The first kappa shape index (κ1) is 49.9. The van der Waals surface area contributed by atoms with Crippen LogP contribution in [0.1, 0.15) is 83.1 Å². The molecule has 280 valence electrons. The number of hydrogen-bond donors (Lipinski definition) is 1. The van der Waals surface area contributed by atoms with E-state index in [4.69, 9.17) is 0 Å². The fraction of sp³-hybridized carbons (Fsp3) is 0.704. The van der Waals surface area contributed by atoms with Crippen LogP contribution in [0.2, 0.25) is 0 Å². The molecule has 0 bridgehead atoms. The maximum absolute atomic E-state index is 13.1. The molecule has 0 amide bonds. The van der Waals surface area contributed by atoms with Gasteiger partial charge in [-0.2, -0.15) is 52.7 Å². The Balaban J connectivity index is 0. The quantitative estimate of drug-likeness (QED) is 0.160. The second-order valence-corrected chi connectivity index (χ2v) is 13.1. The number of benzene rings is 1. The fourth-order valence-electron chi connectivity index (χ4n) is 3.55. The number of ether oxygens (including phenoxy) is 2. The summed E-state index contributed by atoms with van der Waals surface area (Å²) in [4.78, 5) is 23.6. The smallest absolute Gasteiger partial charge is 0.748 e. The minimum absolute atomic E-state index is 0. The Labute approximate surface area is 316 Å². The van der Waals surface area contributed by atoms with Gasteiger partial charge >= 0.3 is 93.6 Å². The minimum Gasteiger partial charge on any atom is -0.748 e. The van der Waals surface area contributed by atoms with Crippen LogP contribution in [-0.2, 0) is 24.4 Å². The Morgan fingerprint density at radius 2 is 1.16 bits per heavy atom. The van der Waals surface area contributed by atoms with Crippen molar-refractivity contribution in [1.82, 2.24) is 0 Å². The van der Waals surface area contributed by atoms with E-state index in [2.05, 4.69) is 9.47 Å². The predicted octanol–water partition coefficient (Wildman–Crippen LogP) is 4.37. The van der Waals surface area contributed by atoms with Crippen molar-refractivity contribution in [3.8, 4) is 0 Å². The zero-order valence-corrected chi connectivity index (χ0v) is 31.2. The van der Waals surface area contributed by atoms with Gasteiger partial charge in [0.15, 0.2) is 5.60 Å². The molecular formula is C27H33F12KO8S. The molecule has 0 spiro atoms. The van der Waals surface area contributed by atoms with Gasteiger partial charge in [0, 0.05) is 0 Å². The van der Waals surface area contributed by atoms with E-state index < -0.39 is 80.3 Å². The molecule has 1 unspecified atom stereocenters. The monoisotopic (exact) mass is 784 g/mol. The molecule has 1 atom stereocenters. The molecule has 1 N–H and O–H groups in total. The Morgan fingerprint density at radius 3 is 1.45 bits per heavy atom. The van der Waals surface area contributed by atoms with E-state index in [0.717, 1.165) is 12.1 Å². The third kappa shape index (κ3) is 11.9. The van der Waals surface area contributed by atoms with E-state index in [1.807, 2.05) is 13.8 Å². The summed E-state index contributed by atoms with van der Waals surface area (Å²) in [6, 6.07) is 4.54. The Kier molecular flexibility index (Phi) is 17.0. The number of rotatable bonds is 10. The van der Waals surface area contributed by atoms with Gasteiger partial charge < -0.3 is 19.1 Å². The van der Waals surface area contributed by atoms with Crippen LogP contribution in [0.5, 0.6) is 0 Å². The van der Waals surface area contributed by atoms with Gasteiger partial charge in [0.05, 0.1) is 26.8 Å². The summed E-state index contributed by atoms with van der Waals surface area (Å²) in [6.07, 6.45) is -24.1. The van der Waals surface area contributed by atoms with E-state index in [0.29, 0.717) is 25.8 Å². The molecule has 1 aromatic rings. The maximum atomic E-state index is 13.1. The standard InChI is InChI=1S/C15H16F6O5S.C12H18F6O3.K/c1-3-9(2)10-4-6-11(7-5-10)12(22)26-13(14(16,17)18,15(19,20)21)8-27(23,24)25;1-6-8(2,3)7(19)21-9(4,5)10(20,11(13,14)15)12(16,17)18;/h4-7,9H,3,8H2,1-2H3,(H,23,24,25);20H,6H2,1-5H3;/q;;+1/p-1. The first-order valence-corrected chi connectivity index (χ1v) is 15.0. The average molecular weight is 785 g/mol. The number of carbonyl (C=O) groups is 2. The SMILES string of the molecule is CCC(C)(C)C(=O)OC(C)(C)C(O)(C(F)(F)F)C(F)(F)F.CCC(C)c1ccc(C(=O)OC(CS(=O)(=O)[O-])(C(F)(F)F)C(F)(F)F)cc1.[K+]. The molecule has 49 heavy (non-hydrogen) atoms. The first-order chi connectivity index (χ1) is 21.0. The van der Waals surface area contributed by atoms with Crippen molar-refractivity contribution in [2.75, 3.05) is 5.75 Å². The van der Waals surface area contributed by atoms with Crippen LogP contribution in [-0.4, -0.2) is 77.3 Å². The summed E-state index contributed by atoms with van der Waals surface area (Å²) in [7, 11) is -6.06. The van der Waals surface area contributed by atoms with Crippen molar-refractivity contribution in [3.05, 3.63) is 35.4 Å². The number of esters is 2. The van der Waals surface area contributed by atoms with Crippen molar-refractivity contribution in [2.45, 2.75) is 109 Å². The number of alkyl halides is 12.